The Morgan fingerprint density at radius 1 is 0.541 bits per heavy atom. The van der Waals surface area contributed by atoms with Crippen LogP contribution in [-0.4, -0.2) is 8.42 Å². The summed E-state index contributed by atoms with van der Waals surface area (Å²) in [6.07, 6.45) is 8.64. The Balaban J connectivity index is 2.04. The van der Waals surface area contributed by atoms with Gasteiger partial charge in [0.2, 0.25) is 0 Å². The molecule has 0 N–H and O–H groups in total. The van der Waals surface area contributed by atoms with Crippen LogP contribution < -0.4 is 0 Å². The third kappa shape index (κ3) is 5.67. The van der Waals surface area contributed by atoms with Crippen LogP contribution in [0.15, 0.2) is 84.0 Å². The van der Waals surface area contributed by atoms with Crippen LogP contribution in [0, 0.1) is 21.7 Å². The topological polar surface area (TPSA) is 34.1 Å². The fraction of sp³-hybridized carbons (Fsp3) is 0.529. The van der Waals surface area contributed by atoms with Gasteiger partial charge in [0.25, 0.3) is 0 Å². The highest BCUT2D eigenvalue weighted by Gasteiger charge is 2.49. The van der Waals surface area contributed by atoms with Crippen molar-refractivity contribution < 1.29 is 8.42 Å². The van der Waals surface area contributed by atoms with Crippen LogP contribution in [0.3, 0.4) is 0 Å². The van der Waals surface area contributed by atoms with Crippen molar-refractivity contribution in [2.45, 2.75) is 91.6 Å². The average Bonchev–Trinajstić information content (AvgIpc) is 2.81. The molecule has 2 aliphatic carbocycles. The van der Waals surface area contributed by atoms with Crippen LogP contribution in [0.4, 0.5) is 0 Å². The lowest BCUT2D eigenvalue weighted by molar-refractivity contribution is 0.270. The molecule has 2 aromatic carbocycles. The first-order valence-electron chi connectivity index (χ1n) is 13.8. The van der Waals surface area contributed by atoms with Crippen LogP contribution in [0.25, 0.3) is 0 Å². The summed E-state index contributed by atoms with van der Waals surface area (Å²) in [7, 11) is -3.75. The average molecular weight is 519 g/mol. The molecule has 2 atom stereocenters. The molecule has 2 aromatic rings. The van der Waals surface area contributed by atoms with Gasteiger partial charge in [-0.3, -0.25) is 0 Å². The monoisotopic (exact) mass is 518 g/mol. The summed E-state index contributed by atoms with van der Waals surface area (Å²) < 4.78 is 30.7. The lowest BCUT2D eigenvalue weighted by Crippen LogP contribution is -2.37. The number of allylic oxidation sites excluding steroid dienone is 2. The predicted molar refractivity (Wildman–Crippen MR) is 157 cm³/mol. The van der Waals surface area contributed by atoms with Gasteiger partial charge in [-0.2, -0.15) is 0 Å². The minimum absolute atomic E-state index is 0.0407. The largest absolute Gasteiger partial charge is 0.227 e. The number of benzene rings is 2. The molecule has 0 bridgehead atoms. The Morgan fingerprint density at radius 3 is 1.19 bits per heavy atom. The van der Waals surface area contributed by atoms with Crippen molar-refractivity contribution >= 4 is 9.84 Å². The summed E-state index contributed by atoms with van der Waals surface area (Å²) in [6, 6.07) is 19.9. The fourth-order valence-corrected chi connectivity index (χ4v) is 9.11. The second-order valence-electron chi connectivity index (χ2n) is 14.1. The van der Waals surface area contributed by atoms with E-state index in [-0.39, 0.29) is 21.7 Å². The molecule has 0 saturated carbocycles. The minimum atomic E-state index is -3.75. The first-order chi connectivity index (χ1) is 17.1. The minimum Gasteiger partial charge on any atom is -0.227 e. The maximum atomic E-state index is 15.3. The van der Waals surface area contributed by atoms with Crippen LogP contribution in [0.2, 0.25) is 0 Å². The zero-order chi connectivity index (χ0) is 27.3. The van der Waals surface area contributed by atoms with E-state index in [9.17, 15) is 0 Å². The highest BCUT2D eigenvalue weighted by molar-refractivity contribution is 7.92. The van der Waals surface area contributed by atoms with Gasteiger partial charge in [-0.1, -0.05) is 128 Å². The van der Waals surface area contributed by atoms with Crippen molar-refractivity contribution in [3.63, 3.8) is 0 Å². The summed E-state index contributed by atoms with van der Waals surface area (Å²) in [5.74, 6) is 0. The molecular formula is C34H46O2S. The predicted octanol–water partition coefficient (Wildman–Crippen LogP) is 9.43. The van der Waals surface area contributed by atoms with Gasteiger partial charge < -0.3 is 0 Å². The first-order valence-corrected chi connectivity index (χ1v) is 15.5. The van der Waals surface area contributed by atoms with Crippen molar-refractivity contribution in [3.05, 3.63) is 95.1 Å². The summed E-state index contributed by atoms with van der Waals surface area (Å²) >= 11 is 0. The van der Waals surface area contributed by atoms with Crippen LogP contribution in [-0.2, 0) is 9.84 Å². The maximum Gasteiger partial charge on any atom is 0.172 e. The van der Waals surface area contributed by atoms with Crippen molar-refractivity contribution in [2.75, 3.05) is 0 Å². The number of hydrogen-bond acceptors (Lipinski definition) is 2. The molecule has 0 aliphatic heterocycles. The molecule has 4 rings (SSSR count). The SMILES string of the molecule is CC1(C)C=C(C(c2ccccc2)S(=O)(=O)C(C2=CC(C)(C)CCC2(C)C)c2ccccc2)C(C)(C)CC1. The first kappa shape index (κ1) is 27.9. The van der Waals surface area contributed by atoms with Crippen molar-refractivity contribution in [3.8, 4) is 0 Å². The third-order valence-corrected chi connectivity index (χ3v) is 11.2. The Kier molecular flexibility index (Phi) is 7.21. The van der Waals surface area contributed by atoms with E-state index in [1.807, 2.05) is 60.7 Å². The van der Waals surface area contributed by atoms with Gasteiger partial charge in [-0.15, -0.1) is 0 Å². The van der Waals surface area contributed by atoms with Gasteiger partial charge in [0, 0.05) is 0 Å². The lowest BCUT2D eigenvalue weighted by Gasteiger charge is -2.45. The number of rotatable bonds is 6. The molecule has 0 heterocycles. The fourth-order valence-electron chi connectivity index (χ4n) is 6.28. The zero-order valence-electron chi connectivity index (χ0n) is 24.1. The second kappa shape index (κ2) is 9.56. The lowest BCUT2D eigenvalue weighted by atomic mass is 9.66. The van der Waals surface area contributed by atoms with Gasteiger partial charge in [0.15, 0.2) is 9.84 Å². The van der Waals surface area contributed by atoms with E-state index in [2.05, 4.69) is 67.5 Å². The van der Waals surface area contributed by atoms with E-state index in [1.165, 1.54) is 0 Å². The molecule has 0 fully saturated rings. The molecule has 2 nitrogen and oxygen atoms in total. The maximum absolute atomic E-state index is 15.3. The Labute approximate surface area is 226 Å². The quantitative estimate of drug-likeness (QED) is 0.357. The van der Waals surface area contributed by atoms with E-state index < -0.39 is 20.3 Å². The normalized spacial score (nSPS) is 23.9. The zero-order valence-corrected chi connectivity index (χ0v) is 25.0. The second-order valence-corrected chi connectivity index (χ2v) is 16.2. The summed E-state index contributed by atoms with van der Waals surface area (Å²) in [5.41, 5.74) is 3.33. The Bertz CT molecular complexity index is 1180. The Hall–Kier alpha value is -2.13. The highest BCUT2D eigenvalue weighted by Crippen LogP contribution is 2.57. The molecule has 2 unspecified atom stereocenters. The summed E-state index contributed by atoms with van der Waals surface area (Å²) in [5, 5.41) is -1.40. The standard InChI is InChI=1S/C34H46O2S/c1-31(2)19-21-33(5,6)27(23-31)29(25-15-11-9-12-16-25)37(35,36)30(26-17-13-10-14-18-26)28-24-32(3,4)20-22-34(28,7)8/h9-18,23-24,29-30H,19-22H2,1-8H3. The van der Waals surface area contributed by atoms with Crippen LogP contribution in [0.1, 0.15) is 103 Å². The number of hydrogen-bond donors (Lipinski definition) is 0. The molecule has 3 heteroatoms. The van der Waals surface area contributed by atoms with Crippen LogP contribution >= 0.6 is 0 Å². The van der Waals surface area contributed by atoms with Crippen molar-refractivity contribution in [1.82, 2.24) is 0 Å². The molecule has 0 amide bonds. The molecule has 200 valence electrons. The van der Waals surface area contributed by atoms with E-state index in [4.69, 9.17) is 0 Å². The molecule has 0 radical (unpaired) electrons. The third-order valence-electron chi connectivity index (χ3n) is 8.87. The molecular weight excluding hydrogens is 472 g/mol. The molecule has 37 heavy (non-hydrogen) atoms. The molecule has 0 spiro atoms. The van der Waals surface area contributed by atoms with E-state index in [0.717, 1.165) is 48.0 Å². The van der Waals surface area contributed by atoms with Crippen LogP contribution in [0.5, 0.6) is 0 Å². The van der Waals surface area contributed by atoms with E-state index in [0.29, 0.717) is 0 Å². The molecule has 0 aromatic heterocycles. The highest BCUT2D eigenvalue weighted by atomic mass is 32.2. The van der Waals surface area contributed by atoms with E-state index >= 15 is 8.42 Å². The van der Waals surface area contributed by atoms with Gasteiger partial charge in [0.1, 0.15) is 10.5 Å². The summed E-state index contributed by atoms with van der Waals surface area (Å²) in [4.78, 5) is 0. The molecule has 2 aliphatic rings. The number of sulfone groups is 1. The van der Waals surface area contributed by atoms with Gasteiger partial charge in [-0.25, -0.2) is 8.42 Å². The summed E-state index contributed by atoms with van der Waals surface area (Å²) in [6.45, 7) is 17.9. The van der Waals surface area contributed by atoms with E-state index in [1.54, 1.807) is 0 Å². The Morgan fingerprint density at radius 2 is 0.865 bits per heavy atom. The van der Waals surface area contributed by atoms with Crippen molar-refractivity contribution in [1.29, 1.82) is 0 Å². The van der Waals surface area contributed by atoms with Gasteiger partial charge in [0.05, 0.1) is 0 Å². The smallest absolute Gasteiger partial charge is 0.172 e. The van der Waals surface area contributed by atoms with Gasteiger partial charge in [-0.05, 0) is 69.6 Å². The van der Waals surface area contributed by atoms with Gasteiger partial charge >= 0.3 is 0 Å². The molecule has 0 saturated heterocycles. The van der Waals surface area contributed by atoms with Crippen molar-refractivity contribution in [2.24, 2.45) is 21.7 Å².